The van der Waals surface area contributed by atoms with Gasteiger partial charge in [0.15, 0.2) is 11.6 Å². The quantitative estimate of drug-likeness (QED) is 0.582. The molecule has 0 saturated carbocycles. The van der Waals surface area contributed by atoms with Crippen molar-refractivity contribution in [2.24, 2.45) is 5.84 Å². The number of nitrogens with two attached hydrogens (primary N) is 1. The number of furan rings is 1. The van der Waals surface area contributed by atoms with Crippen LogP contribution >= 0.6 is 0 Å². The highest BCUT2D eigenvalue weighted by Crippen LogP contribution is 2.19. The number of benzene rings is 1. The highest BCUT2D eigenvalue weighted by atomic mass is 19.1. The summed E-state index contributed by atoms with van der Waals surface area (Å²) in [6.07, 6.45) is 1.46. The molecule has 1 aromatic carbocycles. The number of anilines is 1. The van der Waals surface area contributed by atoms with Crippen molar-refractivity contribution in [3.63, 3.8) is 0 Å². The van der Waals surface area contributed by atoms with Crippen LogP contribution in [0.15, 0.2) is 34.9 Å². The molecule has 4 N–H and O–H groups in total. The van der Waals surface area contributed by atoms with Crippen molar-refractivity contribution < 1.29 is 18.0 Å². The monoisotopic (exact) mass is 267 g/mol. The Labute approximate surface area is 107 Å². The van der Waals surface area contributed by atoms with Crippen LogP contribution in [0.5, 0.6) is 0 Å². The zero-order chi connectivity index (χ0) is 13.8. The zero-order valence-corrected chi connectivity index (χ0v) is 9.74. The van der Waals surface area contributed by atoms with Gasteiger partial charge in [-0.1, -0.05) is 0 Å². The van der Waals surface area contributed by atoms with Gasteiger partial charge in [-0.3, -0.25) is 10.6 Å². The Bertz CT molecular complexity index is 562. The summed E-state index contributed by atoms with van der Waals surface area (Å²) in [5, 5.41) is 2.48. The summed E-state index contributed by atoms with van der Waals surface area (Å²) >= 11 is 0. The SMILES string of the molecule is NNc1c(F)cc(C(=O)NCc2ccco2)cc1F. The first-order valence-electron chi connectivity index (χ1n) is 5.38. The molecule has 0 atom stereocenters. The lowest BCUT2D eigenvalue weighted by Gasteiger charge is -2.07. The summed E-state index contributed by atoms with van der Waals surface area (Å²) in [7, 11) is 0. The van der Waals surface area contributed by atoms with E-state index >= 15 is 0 Å². The maximum atomic E-state index is 13.4. The van der Waals surface area contributed by atoms with Crippen molar-refractivity contribution in [1.82, 2.24) is 5.32 Å². The van der Waals surface area contributed by atoms with Crippen LogP contribution < -0.4 is 16.6 Å². The van der Waals surface area contributed by atoms with E-state index in [1.807, 2.05) is 5.43 Å². The largest absolute Gasteiger partial charge is 0.467 e. The molecular formula is C12H11F2N3O2. The minimum Gasteiger partial charge on any atom is -0.467 e. The maximum Gasteiger partial charge on any atom is 0.251 e. The number of nitrogen functional groups attached to an aromatic ring is 1. The van der Waals surface area contributed by atoms with Crippen LogP contribution in [-0.4, -0.2) is 5.91 Å². The molecule has 100 valence electrons. The summed E-state index contributed by atoms with van der Waals surface area (Å²) in [6.45, 7) is 0.131. The van der Waals surface area contributed by atoms with Gasteiger partial charge >= 0.3 is 0 Å². The Balaban J connectivity index is 2.11. The zero-order valence-electron chi connectivity index (χ0n) is 9.74. The van der Waals surface area contributed by atoms with Gasteiger partial charge in [0.2, 0.25) is 0 Å². The van der Waals surface area contributed by atoms with Gasteiger partial charge in [0, 0.05) is 5.56 Å². The summed E-state index contributed by atoms with van der Waals surface area (Å²) in [5.74, 6) is 3.00. The molecule has 0 aliphatic heterocycles. The normalized spacial score (nSPS) is 10.3. The molecule has 2 aromatic rings. The van der Waals surface area contributed by atoms with Crippen LogP contribution in [0.3, 0.4) is 0 Å². The van der Waals surface area contributed by atoms with Crippen LogP contribution in [0.4, 0.5) is 14.5 Å². The summed E-state index contributed by atoms with van der Waals surface area (Å²) < 4.78 is 31.8. The Morgan fingerprint density at radius 3 is 2.53 bits per heavy atom. The van der Waals surface area contributed by atoms with Gasteiger partial charge < -0.3 is 15.2 Å². The molecule has 1 aromatic heterocycles. The summed E-state index contributed by atoms with van der Waals surface area (Å²) in [5.41, 5.74) is 1.27. The first kappa shape index (κ1) is 13.0. The number of rotatable bonds is 4. The second-order valence-corrected chi connectivity index (χ2v) is 3.72. The van der Waals surface area contributed by atoms with Gasteiger partial charge in [-0.2, -0.15) is 0 Å². The Hall–Kier alpha value is -2.41. The van der Waals surface area contributed by atoms with Crippen molar-refractivity contribution >= 4 is 11.6 Å². The Morgan fingerprint density at radius 1 is 1.32 bits per heavy atom. The van der Waals surface area contributed by atoms with E-state index in [2.05, 4.69) is 5.32 Å². The molecule has 2 rings (SSSR count). The van der Waals surface area contributed by atoms with Gasteiger partial charge in [-0.25, -0.2) is 8.78 Å². The molecule has 7 heteroatoms. The fraction of sp³-hybridized carbons (Fsp3) is 0.0833. The Kier molecular flexibility index (Phi) is 3.76. The van der Waals surface area contributed by atoms with E-state index in [-0.39, 0.29) is 12.1 Å². The molecule has 19 heavy (non-hydrogen) atoms. The van der Waals surface area contributed by atoms with Crippen LogP contribution in [0.1, 0.15) is 16.1 Å². The van der Waals surface area contributed by atoms with Gasteiger partial charge in [-0.05, 0) is 24.3 Å². The minimum absolute atomic E-state index is 0.131. The third kappa shape index (κ3) is 2.89. The van der Waals surface area contributed by atoms with Gasteiger partial charge in [-0.15, -0.1) is 0 Å². The molecule has 0 aliphatic rings. The number of nitrogens with one attached hydrogen (secondary N) is 2. The van der Waals surface area contributed by atoms with E-state index in [9.17, 15) is 13.6 Å². The van der Waals surface area contributed by atoms with E-state index in [0.717, 1.165) is 12.1 Å². The number of carbonyl (C=O) groups is 1. The lowest BCUT2D eigenvalue weighted by Crippen LogP contribution is -2.23. The van der Waals surface area contributed by atoms with Crippen molar-refractivity contribution in [3.8, 4) is 0 Å². The average molecular weight is 267 g/mol. The van der Waals surface area contributed by atoms with E-state index in [4.69, 9.17) is 10.3 Å². The second-order valence-electron chi connectivity index (χ2n) is 3.72. The fourth-order valence-corrected chi connectivity index (χ4v) is 1.52. The third-order valence-electron chi connectivity index (χ3n) is 2.45. The molecule has 0 spiro atoms. The predicted octanol–water partition coefficient (Wildman–Crippen LogP) is 1.77. The highest BCUT2D eigenvalue weighted by Gasteiger charge is 2.14. The third-order valence-corrected chi connectivity index (χ3v) is 2.45. The number of amides is 1. The van der Waals surface area contributed by atoms with Gasteiger partial charge in [0.05, 0.1) is 12.8 Å². The van der Waals surface area contributed by atoms with Crippen LogP contribution in [-0.2, 0) is 6.54 Å². The molecule has 0 saturated heterocycles. The lowest BCUT2D eigenvalue weighted by molar-refractivity contribution is 0.0947. The molecule has 0 unspecified atom stereocenters. The molecule has 0 fully saturated rings. The van der Waals surface area contributed by atoms with Gasteiger partial charge in [0.1, 0.15) is 11.4 Å². The van der Waals surface area contributed by atoms with E-state index in [0.29, 0.717) is 5.76 Å². The number of hydrogen-bond donors (Lipinski definition) is 3. The maximum absolute atomic E-state index is 13.4. The number of carbonyl (C=O) groups excluding carboxylic acids is 1. The summed E-state index contributed by atoms with van der Waals surface area (Å²) in [4.78, 5) is 11.7. The van der Waals surface area contributed by atoms with Crippen molar-refractivity contribution in [2.45, 2.75) is 6.54 Å². The van der Waals surface area contributed by atoms with E-state index < -0.39 is 23.2 Å². The average Bonchev–Trinajstić information content (AvgIpc) is 2.88. The first-order chi connectivity index (χ1) is 9.11. The number of hydrogen-bond acceptors (Lipinski definition) is 4. The molecular weight excluding hydrogens is 256 g/mol. The summed E-state index contributed by atoms with van der Waals surface area (Å²) in [6, 6.07) is 5.14. The van der Waals surface area contributed by atoms with Crippen LogP contribution in [0, 0.1) is 11.6 Å². The molecule has 1 heterocycles. The molecule has 0 aliphatic carbocycles. The molecule has 0 radical (unpaired) electrons. The topological polar surface area (TPSA) is 80.3 Å². The second kappa shape index (κ2) is 5.49. The minimum atomic E-state index is -0.939. The van der Waals surface area contributed by atoms with Crippen molar-refractivity contribution in [1.29, 1.82) is 0 Å². The fourth-order valence-electron chi connectivity index (χ4n) is 1.52. The van der Waals surface area contributed by atoms with Crippen molar-refractivity contribution in [2.75, 3.05) is 5.43 Å². The number of hydrazine groups is 1. The lowest BCUT2D eigenvalue weighted by atomic mass is 10.1. The number of halogens is 2. The van der Waals surface area contributed by atoms with Crippen LogP contribution in [0.2, 0.25) is 0 Å². The standard InChI is InChI=1S/C12H11F2N3O2/c13-9-4-7(5-10(14)11(9)17-15)12(18)16-6-8-2-1-3-19-8/h1-5,17H,6,15H2,(H,16,18). The van der Waals surface area contributed by atoms with E-state index in [1.54, 1.807) is 12.1 Å². The van der Waals surface area contributed by atoms with Crippen molar-refractivity contribution in [3.05, 3.63) is 53.5 Å². The molecule has 5 nitrogen and oxygen atoms in total. The smallest absolute Gasteiger partial charge is 0.251 e. The van der Waals surface area contributed by atoms with Gasteiger partial charge in [0.25, 0.3) is 5.91 Å². The highest BCUT2D eigenvalue weighted by molar-refractivity contribution is 5.94. The van der Waals surface area contributed by atoms with E-state index in [1.165, 1.54) is 6.26 Å². The first-order valence-corrected chi connectivity index (χ1v) is 5.38. The molecule has 1 amide bonds. The Morgan fingerprint density at radius 2 is 2.00 bits per heavy atom. The molecule has 0 bridgehead atoms. The van der Waals surface area contributed by atoms with Crippen LogP contribution in [0.25, 0.3) is 0 Å². The predicted molar refractivity (Wildman–Crippen MR) is 64.0 cm³/mol.